The molecule has 4 rings (SSSR count). The van der Waals surface area contributed by atoms with E-state index in [4.69, 9.17) is 23.2 Å². The second-order valence-electron chi connectivity index (χ2n) is 5.34. The third-order valence-electron chi connectivity index (χ3n) is 3.97. The first-order valence-electron chi connectivity index (χ1n) is 7.00. The molecule has 3 aromatic rings. The molecule has 2 heterocycles. The van der Waals surface area contributed by atoms with E-state index < -0.39 is 0 Å². The van der Waals surface area contributed by atoms with Gasteiger partial charge in [-0.15, -0.1) is 0 Å². The molecule has 1 N–H and O–H groups in total. The molecule has 1 amide bonds. The van der Waals surface area contributed by atoms with Crippen LogP contribution in [0.25, 0.3) is 22.0 Å². The molecule has 0 aliphatic carbocycles. The maximum absolute atomic E-state index is 12.1. The van der Waals surface area contributed by atoms with Crippen molar-refractivity contribution < 1.29 is 4.79 Å². The molecule has 3 nitrogen and oxygen atoms in total. The van der Waals surface area contributed by atoms with E-state index in [1.807, 2.05) is 42.5 Å². The van der Waals surface area contributed by atoms with Crippen LogP contribution in [0.4, 0.5) is 0 Å². The second-order valence-corrected chi connectivity index (χ2v) is 6.21. The van der Waals surface area contributed by atoms with Crippen LogP contribution in [-0.4, -0.2) is 17.0 Å². The van der Waals surface area contributed by atoms with Gasteiger partial charge in [0.2, 0.25) is 0 Å². The Bertz CT molecular complexity index is 897. The number of nitrogens with zero attached hydrogens (tertiary/aromatic N) is 1. The number of carbonyl (C=O) groups excluding carboxylic acids is 1. The van der Waals surface area contributed by atoms with Crippen molar-refractivity contribution in [3.63, 3.8) is 0 Å². The molecular formula is C17H12Cl2N2O. The zero-order valence-electron chi connectivity index (χ0n) is 11.6. The first-order chi connectivity index (χ1) is 10.6. The Labute approximate surface area is 137 Å². The minimum atomic E-state index is -0.0411. The highest BCUT2D eigenvalue weighted by molar-refractivity contribution is 6.32. The number of rotatable bonds is 1. The quantitative estimate of drug-likeness (QED) is 0.706. The summed E-state index contributed by atoms with van der Waals surface area (Å²) in [6.07, 6.45) is 0. The molecule has 1 aromatic heterocycles. The molecule has 0 spiro atoms. The number of carbonyl (C=O) groups is 1. The van der Waals surface area contributed by atoms with Crippen molar-refractivity contribution >= 4 is 40.0 Å². The minimum Gasteiger partial charge on any atom is -0.349 e. The van der Waals surface area contributed by atoms with Gasteiger partial charge >= 0.3 is 0 Å². The third-order valence-corrected chi connectivity index (χ3v) is 4.44. The lowest BCUT2D eigenvalue weighted by molar-refractivity contribution is 0.0929. The number of hydrogen-bond donors (Lipinski definition) is 1. The molecule has 110 valence electrons. The SMILES string of the molecule is O=C1NCCn2c1cc1cc(Cl)cc(-c3ccc(Cl)cc3)c12. The smallest absolute Gasteiger partial charge is 0.268 e. The van der Waals surface area contributed by atoms with Crippen molar-refractivity contribution in [2.45, 2.75) is 6.54 Å². The van der Waals surface area contributed by atoms with E-state index in [0.29, 0.717) is 22.3 Å². The van der Waals surface area contributed by atoms with Gasteiger partial charge in [0.25, 0.3) is 5.91 Å². The Hall–Kier alpha value is -1.97. The Kier molecular flexibility index (Phi) is 3.13. The van der Waals surface area contributed by atoms with E-state index in [9.17, 15) is 4.79 Å². The maximum atomic E-state index is 12.1. The fourth-order valence-corrected chi connectivity index (χ4v) is 3.37. The molecule has 0 saturated heterocycles. The van der Waals surface area contributed by atoms with Crippen molar-refractivity contribution in [3.05, 3.63) is 58.2 Å². The fraction of sp³-hybridized carbons (Fsp3) is 0.118. The van der Waals surface area contributed by atoms with Crippen LogP contribution >= 0.6 is 23.2 Å². The van der Waals surface area contributed by atoms with Crippen molar-refractivity contribution in [2.75, 3.05) is 6.54 Å². The summed E-state index contributed by atoms with van der Waals surface area (Å²) < 4.78 is 2.06. The third kappa shape index (κ3) is 2.09. The normalized spacial score (nSPS) is 14.0. The Morgan fingerprint density at radius 1 is 1.00 bits per heavy atom. The zero-order valence-corrected chi connectivity index (χ0v) is 13.1. The number of aromatic nitrogens is 1. The van der Waals surface area contributed by atoms with E-state index in [1.165, 1.54) is 0 Å². The van der Waals surface area contributed by atoms with Gasteiger partial charge in [0, 0.05) is 34.1 Å². The molecule has 0 atom stereocenters. The average Bonchev–Trinajstić information content (AvgIpc) is 2.87. The molecule has 0 unspecified atom stereocenters. The Morgan fingerprint density at radius 2 is 1.77 bits per heavy atom. The summed E-state index contributed by atoms with van der Waals surface area (Å²) in [5, 5.41) is 5.19. The molecule has 1 aliphatic heterocycles. The van der Waals surface area contributed by atoms with E-state index in [0.717, 1.165) is 28.6 Å². The highest BCUT2D eigenvalue weighted by atomic mass is 35.5. The van der Waals surface area contributed by atoms with Crippen LogP contribution in [0.3, 0.4) is 0 Å². The summed E-state index contributed by atoms with van der Waals surface area (Å²) in [5.41, 5.74) is 3.76. The monoisotopic (exact) mass is 330 g/mol. The van der Waals surface area contributed by atoms with E-state index >= 15 is 0 Å². The Balaban J connectivity index is 2.05. The van der Waals surface area contributed by atoms with Gasteiger partial charge in [-0.2, -0.15) is 0 Å². The van der Waals surface area contributed by atoms with Crippen LogP contribution in [0.15, 0.2) is 42.5 Å². The van der Waals surface area contributed by atoms with Crippen LogP contribution in [0.1, 0.15) is 10.5 Å². The van der Waals surface area contributed by atoms with Crippen LogP contribution in [0, 0.1) is 0 Å². The van der Waals surface area contributed by atoms with Gasteiger partial charge in [-0.1, -0.05) is 35.3 Å². The number of hydrogen-bond acceptors (Lipinski definition) is 1. The van der Waals surface area contributed by atoms with E-state index in [2.05, 4.69) is 9.88 Å². The van der Waals surface area contributed by atoms with Gasteiger partial charge in [-0.05, 0) is 35.9 Å². The number of fused-ring (bicyclic) bond motifs is 3. The van der Waals surface area contributed by atoms with Crippen LogP contribution in [0.5, 0.6) is 0 Å². The summed E-state index contributed by atoms with van der Waals surface area (Å²) in [6, 6.07) is 13.4. The van der Waals surface area contributed by atoms with Gasteiger partial charge in [0.15, 0.2) is 0 Å². The summed E-state index contributed by atoms with van der Waals surface area (Å²) in [7, 11) is 0. The Morgan fingerprint density at radius 3 is 2.55 bits per heavy atom. The number of halogens is 2. The molecule has 1 aliphatic rings. The van der Waals surface area contributed by atoms with E-state index in [-0.39, 0.29) is 5.91 Å². The molecule has 0 radical (unpaired) electrons. The summed E-state index contributed by atoms with van der Waals surface area (Å²) >= 11 is 12.2. The van der Waals surface area contributed by atoms with Gasteiger partial charge in [0.1, 0.15) is 5.69 Å². The number of benzene rings is 2. The van der Waals surface area contributed by atoms with Gasteiger partial charge in [-0.3, -0.25) is 4.79 Å². The molecule has 0 saturated carbocycles. The molecule has 0 fully saturated rings. The minimum absolute atomic E-state index is 0.0411. The predicted octanol–water partition coefficient (Wildman–Crippen LogP) is 4.36. The van der Waals surface area contributed by atoms with Crippen LogP contribution < -0.4 is 5.32 Å². The van der Waals surface area contributed by atoms with Crippen molar-refractivity contribution in [1.82, 2.24) is 9.88 Å². The summed E-state index contributed by atoms with van der Waals surface area (Å²) in [5.74, 6) is -0.0411. The highest BCUT2D eigenvalue weighted by Gasteiger charge is 2.21. The van der Waals surface area contributed by atoms with Crippen molar-refractivity contribution in [1.29, 1.82) is 0 Å². The van der Waals surface area contributed by atoms with Crippen molar-refractivity contribution in [3.8, 4) is 11.1 Å². The molecule has 2 aromatic carbocycles. The van der Waals surface area contributed by atoms with Gasteiger partial charge in [-0.25, -0.2) is 0 Å². The second kappa shape index (κ2) is 5.04. The predicted molar refractivity (Wildman–Crippen MR) is 89.7 cm³/mol. The largest absolute Gasteiger partial charge is 0.349 e. The molecule has 5 heteroatoms. The van der Waals surface area contributed by atoms with Crippen LogP contribution in [0.2, 0.25) is 10.0 Å². The first-order valence-corrected chi connectivity index (χ1v) is 7.76. The van der Waals surface area contributed by atoms with E-state index in [1.54, 1.807) is 0 Å². The van der Waals surface area contributed by atoms with Gasteiger partial charge < -0.3 is 9.88 Å². The standard InChI is InChI=1S/C17H12Cl2N2O/c18-12-3-1-10(2-4-12)14-9-13(19)7-11-8-15-17(22)20-5-6-21(15)16(11)14/h1-4,7-9H,5-6H2,(H,20,22). The van der Waals surface area contributed by atoms with Gasteiger partial charge in [0.05, 0.1) is 5.52 Å². The summed E-state index contributed by atoms with van der Waals surface area (Å²) in [6.45, 7) is 1.39. The first kappa shape index (κ1) is 13.7. The lowest BCUT2D eigenvalue weighted by atomic mass is 10.0. The highest BCUT2D eigenvalue weighted by Crippen LogP contribution is 2.35. The topological polar surface area (TPSA) is 34.0 Å². The molecular weight excluding hydrogens is 319 g/mol. The lowest BCUT2D eigenvalue weighted by Gasteiger charge is -2.18. The van der Waals surface area contributed by atoms with Crippen molar-refractivity contribution in [2.24, 2.45) is 0 Å². The maximum Gasteiger partial charge on any atom is 0.268 e. The lowest BCUT2D eigenvalue weighted by Crippen LogP contribution is -2.34. The molecule has 22 heavy (non-hydrogen) atoms. The number of nitrogens with one attached hydrogen (secondary N) is 1. The number of amides is 1. The average molecular weight is 331 g/mol. The summed E-state index contributed by atoms with van der Waals surface area (Å²) in [4.78, 5) is 12.1. The zero-order chi connectivity index (χ0) is 15.3. The molecule has 0 bridgehead atoms. The van der Waals surface area contributed by atoms with Crippen LogP contribution in [-0.2, 0) is 6.54 Å². The fourth-order valence-electron chi connectivity index (χ4n) is 3.02.